The summed E-state index contributed by atoms with van der Waals surface area (Å²) in [5.41, 5.74) is 0.412. The topological polar surface area (TPSA) is 64.0 Å². The van der Waals surface area contributed by atoms with E-state index in [2.05, 4.69) is 9.82 Å². The largest absolute Gasteiger partial charge is 0.279 e. The Morgan fingerprint density at radius 3 is 2.60 bits per heavy atom. The summed E-state index contributed by atoms with van der Waals surface area (Å²) in [5, 5.41) is 3.62. The summed E-state index contributed by atoms with van der Waals surface area (Å²) in [6, 6.07) is 3.87. The van der Waals surface area contributed by atoms with Gasteiger partial charge in [0.1, 0.15) is 5.82 Å². The number of sulfonamides is 1. The Kier molecular flexibility index (Phi) is 3.76. The molecule has 1 aromatic carbocycles. The number of nitrogens with zero attached hydrogens (tertiary/aromatic N) is 2. The third-order valence-electron chi connectivity index (χ3n) is 2.76. The van der Waals surface area contributed by atoms with Crippen molar-refractivity contribution >= 4 is 15.7 Å². The van der Waals surface area contributed by atoms with Crippen LogP contribution in [0.2, 0.25) is 0 Å². The number of halogens is 2. The number of aromatic nitrogens is 2. The fourth-order valence-electron chi connectivity index (χ4n) is 1.62. The molecule has 0 radical (unpaired) electrons. The van der Waals surface area contributed by atoms with Crippen LogP contribution in [0, 0.1) is 18.7 Å². The van der Waals surface area contributed by atoms with Crippen LogP contribution in [0.5, 0.6) is 0 Å². The SMILES string of the molecule is CCn1ncc(S(=O)(=O)Nc2ccc(C)c(F)c2)c1F. The van der Waals surface area contributed by atoms with E-state index in [0.29, 0.717) is 5.56 Å². The van der Waals surface area contributed by atoms with E-state index in [0.717, 1.165) is 16.9 Å². The Hall–Kier alpha value is -1.96. The van der Waals surface area contributed by atoms with Crippen LogP contribution in [-0.4, -0.2) is 18.2 Å². The Bertz CT molecular complexity index is 741. The first kappa shape index (κ1) is 14.4. The molecule has 2 aromatic rings. The minimum absolute atomic E-state index is 0.0248. The molecule has 0 bridgehead atoms. The first-order valence-electron chi connectivity index (χ1n) is 5.85. The van der Waals surface area contributed by atoms with E-state index >= 15 is 0 Å². The molecule has 0 aliphatic carbocycles. The van der Waals surface area contributed by atoms with Gasteiger partial charge < -0.3 is 0 Å². The lowest BCUT2D eigenvalue weighted by molar-refractivity contribution is 0.455. The van der Waals surface area contributed by atoms with Crippen molar-refractivity contribution in [2.24, 2.45) is 0 Å². The van der Waals surface area contributed by atoms with Crippen molar-refractivity contribution in [2.75, 3.05) is 4.72 Å². The zero-order valence-corrected chi connectivity index (χ0v) is 11.7. The van der Waals surface area contributed by atoms with E-state index in [9.17, 15) is 17.2 Å². The van der Waals surface area contributed by atoms with Gasteiger partial charge in [-0.05, 0) is 31.5 Å². The molecule has 108 valence electrons. The van der Waals surface area contributed by atoms with Gasteiger partial charge >= 0.3 is 0 Å². The maximum absolute atomic E-state index is 13.8. The van der Waals surface area contributed by atoms with Crippen molar-refractivity contribution in [2.45, 2.75) is 25.3 Å². The van der Waals surface area contributed by atoms with E-state index in [1.807, 2.05) is 0 Å². The Balaban J connectivity index is 2.35. The summed E-state index contributed by atoms with van der Waals surface area (Å²) in [7, 11) is -4.14. The molecule has 0 saturated heterocycles. The highest BCUT2D eigenvalue weighted by Gasteiger charge is 2.23. The third kappa shape index (κ3) is 2.64. The van der Waals surface area contributed by atoms with Crippen LogP contribution in [0.25, 0.3) is 0 Å². The molecule has 5 nitrogen and oxygen atoms in total. The first-order valence-corrected chi connectivity index (χ1v) is 7.33. The minimum atomic E-state index is -4.14. The molecule has 2 rings (SSSR count). The van der Waals surface area contributed by atoms with Gasteiger partial charge in [0, 0.05) is 6.54 Å². The molecular formula is C12H13F2N3O2S. The van der Waals surface area contributed by atoms with Crippen LogP contribution in [0.15, 0.2) is 29.3 Å². The van der Waals surface area contributed by atoms with Crippen LogP contribution in [0.4, 0.5) is 14.5 Å². The molecule has 0 aliphatic heterocycles. The van der Waals surface area contributed by atoms with Gasteiger partial charge in [0.15, 0.2) is 4.90 Å². The Morgan fingerprint density at radius 2 is 2.05 bits per heavy atom. The van der Waals surface area contributed by atoms with Crippen molar-refractivity contribution in [1.29, 1.82) is 0 Å². The fraction of sp³-hybridized carbons (Fsp3) is 0.250. The van der Waals surface area contributed by atoms with Gasteiger partial charge in [-0.25, -0.2) is 17.5 Å². The summed E-state index contributed by atoms with van der Waals surface area (Å²) in [6.07, 6.45) is 0.922. The summed E-state index contributed by atoms with van der Waals surface area (Å²) in [4.78, 5) is -0.569. The molecule has 0 fully saturated rings. The van der Waals surface area contributed by atoms with Crippen molar-refractivity contribution in [1.82, 2.24) is 9.78 Å². The van der Waals surface area contributed by atoms with Gasteiger partial charge in [-0.3, -0.25) is 4.72 Å². The molecule has 20 heavy (non-hydrogen) atoms. The predicted octanol–water partition coefficient (Wildman–Crippen LogP) is 2.29. The van der Waals surface area contributed by atoms with Crippen molar-refractivity contribution < 1.29 is 17.2 Å². The maximum Gasteiger partial charge on any atom is 0.268 e. The second kappa shape index (κ2) is 5.20. The zero-order valence-electron chi connectivity index (χ0n) is 10.9. The molecule has 0 aliphatic rings. The van der Waals surface area contributed by atoms with Gasteiger partial charge in [-0.1, -0.05) is 6.07 Å². The van der Waals surface area contributed by atoms with Gasteiger partial charge in [-0.15, -0.1) is 0 Å². The van der Waals surface area contributed by atoms with E-state index < -0.39 is 26.7 Å². The normalized spacial score (nSPS) is 11.6. The summed E-state index contributed by atoms with van der Waals surface area (Å²) in [6.45, 7) is 3.40. The average Bonchev–Trinajstić information content (AvgIpc) is 2.75. The molecule has 1 heterocycles. The van der Waals surface area contributed by atoms with Crippen molar-refractivity contribution in [3.05, 3.63) is 41.7 Å². The summed E-state index contributed by atoms with van der Waals surface area (Å²) >= 11 is 0. The molecular weight excluding hydrogens is 288 g/mol. The number of hydrogen-bond acceptors (Lipinski definition) is 3. The lowest BCUT2D eigenvalue weighted by Crippen LogP contribution is -2.14. The maximum atomic E-state index is 13.8. The average molecular weight is 301 g/mol. The Morgan fingerprint density at radius 1 is 1.35 bits per heavy atom. The van der Waals surface area contributed by atoms with Gasteiger partial charge in [0.25, 0.3) is 10.0 Å². The molecule has 0 amide bonds. The second-order valence-corrected chi connectivity index (χ2v) is 5.84. The van der Waals surface area contributed by atoms with Crippen LogP contribution in [0.1, 0.15) is 12.5 Å². The lowest BCUT2D eigenvalue weighted by atomic mass is 10.2. The highest BCUT2D eigenvalue weighted by Crippen LogP contribution is 2.20. The highest BCUT2D eigenvalue weighted by molar-refractivity contribution is 7.92. The van der Waals surface area contributed by atoms with Crippen LogP contribution in [0.3, 0.4) is 0 Å². The molecule has 0 unspecified atom stereocenters. The smallest absolute Gasteiger partial charge is 0.268 e. The Labute approximate surface area is 115 Å². The van der Waals surface area contributed by atoms with Crippen molar-refractivity contribution in [3.63, 3.8) is 0 Å². The molecule has 0 atom stereocenters. The van der Waals surface area contributed by atoms with Crippen LogP contribution < -0.4 is 4.72 Å². The number of aryl methyl sites for hydroxylation is 2. The van der Waals surface area contributed by atoms with Crippen LogP contribution in [-0.2, 0) is 16.6 Å². The van der Waals surface area contributed by atoms with E-state index in [-0.39, 0.29) is 12.2 Å². The van der Waals surface area contributed by atoms with E-state index in [1.165, 1.54) is 12.1 Å². The lowest BCUT2D eigenvalue weighted by Gasteiger charge is -2.07. The van der Waals surface area contributed by atoms with Crippen LogP contribution >= 0.6 is 0 Å². The first-order chi connectivity index (χ1) is 9.35. The van der Waals surface area contributed by atoms with Gasteiger partial charge in [0.05, 0.1) is 11.9 Å². The zero-order chi connectivity index (χ0) is 14.9. The molecule has 0 saturated carbocycles. The summed E-state index contributed by atoms with van der Waals surface area (Å²) < 4.78 is 54.2. The molecule has 1 N–H and O–H groups in total. The number of rotatable bonds is 4. The van der Waals surface area contributed by atoms with E-state index in [1.54, 1.807) is 13.8 Å². The molecule has 8 heteroatoms. The molecule has 1 aromatic heterocycles. The number of nitrogens with one attached hydrogen (secondary N) is 1. The van der Waals surface area contributed by atoms with Crippen molar-refractivity contribution in [3.8, 4) is 0 Å². The summed E-state index contributed by atoms with van der Waals surface area (Å²) in [5.74, 6) is -1.50. The second-order valence-electron chi connectivity index (χ2n) is 4.18. The third-order valence-corrected chi connectivity index (χ3v) is 4.11. The van der Waals surface area contributed by atoms with Gasteiger partial charge in [-0.2, -0.15) is 9.49 Å². The minimum Gasteiger partial charge on any atom is -0.279 e. The van der Waals surface area contributed by atoms with Gasteiger partial charge in [0.2, 0.25) is 5.95 Å². The van der Waals surface area contributed by atoms with E-state index in [4.69, 9.17) is 0 Å². The molecule has 0 spiro atoms. The standard InChI is InChI=1S/C12H13F2N3O2S/c1-3-17-12(14)11(7-15-17)20(18,19)16-9-5-4-8(2)10(13)6-9/h4-7,16H,3H2,1-2H3. The highest BCUT2D eigenvalue weighted by atomic mass is 32.2. The predicted molar refractivity (Wildman–Crippen MR) is 69.8 cm³/mol. The fourth-order valence-corrected chi connectivity index (χ4v) is 2.68. The number of anilines is 1. The number of benzene rings is 1. The quantitative estimate of drug-likeness (QED) is 0.942. The number of hydrogen-bond donors (Lipinski definition) is 1. The monoisotopic (exact) mass is 301 g/mol.